The Balaban J connectivity index is 1.75. The van der Waals surface area contributed by atoms with Gasteiger partial charge in [-0.25, -0.2) is 0 Å². The molecular formula is C52H75N11O9. The molecule has 2 heterocycles. The van der Waals surface area contributed by atoms with E-state index in [-0.39, 0.29) is 96.1 Å². The number of nitrogens with two attached hydrogens (primary N) is 4. The lowest BCUT2D eigenvalue weighted by molar-refractivity contribution is -0.135. The first-order valence-electron chi connectivity index (χ1n) is 25.2. The van der Waals surface area contributed by atoms with Gasteiger partial charge in [-0.05, 0) is 87.9 Å². The van der Waals surface area contributed by atoms with Crippen LogP contribution in [0.25, 0.3) is 10.9 Å². The van der Waals surface area contributed by atoms with Crippen molar-refractivity contribution < 1.29 is 43.2 Å². The molecule has 0 radical (unpaired) electrons. The molecule has 0 unspecified atom stereocenters. The SMILES string of the molecule is CCCC[C@H](NC(C)=O)C(=O)N[C@H]1CCC(=O)NCC[C@@H](C(=O)C[C@@H](Cc2c[nH]c3ccccc23)C(N)=O)CC(=O)[C@H](CCCN=C(N)N)CC(=O)[C@@H](Cc2ccccc2)NC(=O)[C@H](CCCCN)NC1=O. The number of aromatic amines is 1. The van der Waals surface area contributed by atoms with E-state index in [1.165, 1.54) is 6.92 Å². The number of hydrogen-bond acceptors (Lipinski definition) is 11. The predicted octanol–water partition coefficient (Wildman–Crippen LogP) is 1.80. The second kappa shape index (κ2) is 30.0. The van der Waals surface area contributed by atoms with E-state index in [0.717, 1.165) is 22.9 Å². The topological polar surface area (TPSA) is 346 Å². The molecule has 0 saturated carbocycles. The summed E-state index contributed by atoms with van der Waals surface area (Å²) in [5, 5.41) is 14.6. The first-order valence-corrected chi connectivity index (χ1v) is 25.2. The van der Waals surface area contributed by atoms with Gasteiger partial charge in [-0.2, -0.15) is 0 Å². The second-order valence-electron chi connectivity index (χ2n) is 18.7. The summed E-state index contributed by atoms with van der Waals surface area (Å²) in [6.07, 6.45) is 3.42. The van der Waals surface area contributed by atoms with Crippen LogP contribution in [0.4, 0.5) is 0 Å². The number of para-hydroxylation sites is 1. The summed E-state index contributed by atoms with van der Waals surface area (Å²) in [4.78, 5) is 132. The van der Waals surface area contributed by atoms with Crippen LogP contribution in [-0.4, -0.2) is 108 Å². The van der Waals surface area contributed by atoms with Crippen LogP contribution in [0.1, 0.15) is 115 Å². The van der Waals surface area contributed by atoms with E-state index >= 15 is 0 Å². The van der Waals surface area contributed by atoms with Crippen LogP contribution in [0, 0.1) is 17.8 Å². The van der Waals surface area contributed by atoms with Crippen molar-refractivity contribution in [1.82, 2.24) is 31.6 Å². The molecule has 1 aliphatic heterocycles. The standard InChI is InChI=1S/C52H75N11O9/c1-3-4-17-40(60-32(2)64)49(70)62-42-20-21-47(68)57-25-22-35(45(66)30-36(48(54)69)27-37-31-59-39-18-9-8-16-38(37)39)28-44(65)34(15-12-24-58-52(55)56)29-46(67)43(26-33-13-6-5-7-14-33)63-50(71)41(61-51(42)72)19-10-11-23-53/h5-9,13-14,16,18,31,34-36,40-43,59H,3-4,10-12,15,17,19-30,53H2,1-2H3,(H2,54,69)(H,57,68)(H,60,64)(H,61,72)(H,62,70)(H,63,71)(H4,55,56,58)/t34-,35-,36-,40+,41+,42+,43-/m1/s1. The summed E-state index contributed by atoms with van der Waals surface area (Å²) < 4.78 is 0. The number of primary amides is 1. The lowest BCUT2D eigenvalue weighted by Crippen LogP contribution is -2.58. The number of carbonyl (C=O) groups excluding carboxylic acids is 9. The van der Waals surface area contributed by atoms with Gasteiger partial charge in [0, 0.05) is 80.6 Å². The molecule has 2 aromatic carbocycles. The van der Waals surface area contributed by atoms with Gasteiger partial charge in [-0.15, -0.1) is 0 Å². The van der Waals surface area contributed by atoms with E-state index in [1.807, 2.05) is 31.2 Å². The van der Waals surface area contributed by atoms with Gasteiger partial charge in [-0.1, -0.05) is 68.3 Å². The highest BCUT2D eigenvalue weighted by Crippen LogP contribution is 2.27. The Bertz CT molecular complexity index is 2350. The third kappa shape index (κ3) is 19.3. The number of hydrogen-bond donors (Lipinski definition) is 10. The second-order valence-corrected chi connectivity index (χ2v) is 18.7. The van der Waals surface area contributed by atoms with Crippen molar-refractivity contribution >= 4 is 69.7 Å². The minimum atomic E-state index is -1.36. The number of H-pyrrole nitrogens is 1. The molecular weight excluding hydrogens is 923 g/mol. The zero-order valence-electron chi connectivity index (χ0n) is 41.7. The summed E-state index contributed by atoms with van der Waals surface area (Å²) in [5.74, 6) is -8.28. The third-order valence-corrected chi connectivity index (χ3v) is 13.0. The number of nitrogens with zero attached hydrogens (tertiary/aromatic N) is 1. The number of Topliss-reactive ketones (excluding diaryl/α,β-unsaturated/α-hetero) is 3. The van der Waals surface area contributed by atoms with Crippen molar-refractivity contribution in [3.63, 3.8) is 0 Å². The smallest absolute Gasteiger partial charge is 0.243 e. The van der Waals surface area contributed by atoms with E-state index < -0.39 is 94.7 Å². The van der Waals surface area contributed by atoms with Gasteiger partial charge in [0.15, 0.2) is 11.7 Å². The number of fused-ring (bicyclic) bond motifs is 1. The number of nitrogens with one attached hydrogen (secondary N) is 6. The van der Waals surface area contributed by atoms with Gasteiger partial charge >= 0.3 is 0 Å². The quantitative estimate of drug-likeness (QED) is 0.0392. The summed E-state index contributed by atoms with van der Waals surface area (Å²) in [6, 6.07) is 11.7. The van der Waals surface area contributed by atoms with Crippen molar-refractivity contribution in [2.45, 2.75) is 141 Å². The van der Waals surface area contributed by atoms with Crippen LogP contribution >= 0.6 is 0 Å². The van der Waals surface area contributed by atoms with Crippen LogP contribution in [0.2, 0.25) is 0 Å². The Kier molecular flexibility index (Phi) is 24.0. The summed E-state index contributed by atoms with van der Waals surface area (Å²) >= 11 is 0. The zero-order valence-corrected chi connectivity index (χ0v) is 41.7. The molecule has 0 bridgehead atoms. The maximum Gasteiger partial charge on any atom is 0.243 e. The molecule has 7 atom stereocenters. The number of benzene rings is 2. The van der Waals surface area contributed by atoms with Gasteiger partial charge in [0.1, 0.15) is 29.7 Å². The number of amides is 6. The van der Waals surface area contributed by atoms with Crippen molar-refractivity contribution in [1.29, 1.82) is 0 Å². The van der Waals surface area contributed by atoms with Crippen LogP contribution in [0.5, 0.6) is 0 Å². The number of aromatic nitrogens is 1. The molecule has 4 rings (SSSR count). The van der Waals surface area contributed by atoms with E-state index in [2.05, 4.69) is 36.6 Å². The summed E-state index contributed by atoms with van der Waals surface area (Å²) in [5.41, 5.74) is 25.2. The van der Waals surface area contributed by atoms with Crippen molar-refractivity contribution in [3.05, 3.63) is 71.9 Å². The molecule has 3 aromatic rings. The minimum Gasteiger partial charge on any atom is -0.370 e. The number of unbranched alkanes of at least 4 members (excludes halogenated alkanes) is 2. The first kappa shape index (κ1) is 57.6. The molecule has 20 heteroatoms. The average Bonchev–Trinajstić information content (AvgIpc) is 3.75. The van der Waals surface area contributed by atoms with E-state index in [0.29, 0.717) is 31.4 Å². The van der Waals surface area contributed by atoms with Crippen molar-refractivity contribution in [3.8, 4) is 0 Å². The van der Waals surface area contributed by atoms with Crippen LogP contribution in [0.15, 0.2) is 65.8 Å². The molecule has 1 fully saturated rings. The summed E-state index contributed by atoms with van der Waals surface area (Å²) in [7, 11) is 0. The molecule has 1 aromatic heterocycles. The highest BCUT2D eigenvalue weighted by molar-refractivity contribution is 5.98. The molecule has 6 amide bonds. The number of rotatable bonds is 22. The van der Waals surface area contributed by atoms with Crippen molar-refractivity contribution in [2.75, 3.05) is 19.6 Å². The van der Waals surface area contributed by atoms with Crippen LogP contribution in [0.3, 0.4) is 0 Å². The van der Waals surface area contributed by atoms with Gasteiger partial charge < -0.3 is 54.5 Å². The molecule has 72 heavy (non-hydrogen) atoms. The Morgan fingerprint density at radius 1 is 0.819 bits per heavy atom. The Labute approximate surface area is 421 Å². The molecule has 392 valence electrons. The molecule has 0 spiro atoms. The number of aliphatic imine (C=N–C) groups is 1. The monoisotopic (exact) mass is 998 g/mol. The largest absolute Gasteiger partial charge is 0.370 e. The minimum absolute atomic E-state index is 0.0306. The highest BCUT2D eigenvalue weighted by atomic mass is 16.2. The predicted molar refractivity (Wildman–Crippen MR) is 273 cm³/mol. The van der Waals surface area contributed by atoms with Gasteiger partial charge in [0.05, 0.1) is 6.04 Å². The van der Waals surface area contributed by atoms with Gasteiger partial charge in [0.25, 0.3) is 0 Å². The number of ketones is 3. The zero-order chi connectivity index (χ0) is 52.6. The lowest BCUT2D eigenvalue weighted by atomic mass is 9.81. The Morgan fingerprint density at radius 3 is 2.24 bits per heavy atom. The molecule has 20 nitrogen and oxygen atoms in total. The highest BCUT2D eigenvalue weighted by Gasteiger charge is 2.35. The lowest BCUT2D eigenvalue weighted by Gasteiger charge is -2.27. The number of guanidine groups is 1. The molecule has 0 aliphatic carbocycles. The normalized spacial score (nSPS) is 20.6. The molecule has 14 N–H and O–H groups in total. The van der Waals surface area contributed by atoms with Gasteiger partial charge in [-0.3, -0.25) is 48.1 Å². The van der Waals surface area contributed by atoms with E-state index in [4.69, 9.17) is 22.9 Å². The fourth-order valence-corrected chi connectivity index (χ4v) is 8.96. The van der Waals surface area contributed by atoms with Crippen LogP contribution < -0.4 is 49.5 Å². The molecule has 1 saturated heterocycles. The van der Waals surface area contributed by atoms with E-state index in [1.54, 1.807) is 36.5 Å². The van der Waals surface area contributed by atoms with Gasteiger partial charge in [0.2, 0.25) is 35.4 Å². The fourth-order valence-electron chi connectivity index (χ4n) is 8.96. The summed E-state index contributed by atoms with van der Waals surface area (Å²) in [6.45, 7) is 3.55. The van der Waals surface area contributed by atoms with E-state index in [9.17, 15) is 43.2 Å². The first-order chi connectivity index (χ1) is 34.5. The Hall–Kier alpha value is -6.96. The van der Waals surface area contributed by atoms with Crippen molar-refractivity contribution in [2.24, 2.45) is 45.7 Å². The fraction of sp³-hybridized carbons (Fsp3) is 0.538. The Morgan fingerprint density at radius 2 is 1.54 bits per heavy atom. The van der Waals surface area contributed by atoms with Crippen LogP contribution in [-0.2, 0) is 56.0 Å². The average molecular weight is 998 g/mol. The number of carbonyl (C=O) groups is 9. The maximum atomic E-state index is 14.7. The maximum absolute atomic E-state index is 14.7. The third-order valence-electron chi connectivity index (χ3n) is 13.0. The molecule has 1 aliphatic rings.